The van der Waals surface area contributed by atoms with Gasteiger partial charge in [-0.25, -0.2) is 4.79 Å². The summed E-state index contributed by atoms with van der Waals surface area (Å²) in [7, 11) is 1.33. The van der Waals surface area contributed by atoms with Crippen molar-refractivity contribution in [2.75, 3.05) is 24.3 Å². The summed E-state index contributed by atoms with van der Waals surface area (Å²) in [6, 6.07) is 10.7. The molecular weight excluding hydrogens is 390 g/mol. The topological polar surface area (TPSA) is 120 Å². The predicted molar refractivity (Wildman–Crippen MR) is 113 cm³/mol. The number of esters is 1. The molecule has 0 aromatic heterocycles. The fraction of sp³-hybridized carbons (Fsp3) is 0.333. The first kappa shape index (κ1) is 22.7. The number of benzene rings is 2. The van der Waals surface area contributed by atoms with Gasteiger partial charge in [-0.15, -0.1) is 0 Å². The van der Waals surface area contributed by atoms with Crippen LogP contribution in [0.15, 0.2) is 42.5 Å². The normalized spacial score (nSPS) is 11.3. The van der Waals surface area contributed by atoms with Crippen LogP contribution in [0, 0.1) is 10.1 Å². The number of amides is 1. The number of anilines is 2. The molecule has 1 atom stereocenters. The van der Waals surface area contributed by atoms with Gasteiger partial charge in [0.1, 0.15) is 5.75 Å². The molecule has 0 saturated heterocycles. The summed E-state index contributed by atoms with van der Waals surface area (Å²) < 4.78 is 10.4. The van der Waals surface area contributed by atoms with E-state index in [0.717, 1.165) is 19.4 Å². The van der Waals surface area contributed by atoms with Crippen LogP contribution < -0.4 is 15.4 Å². The third-order valence-corrected chi connectivity index (χ3v) is 4.30. The minimum Gasteiger partial charge on any atom is -0.494 e. The van der Waals surface area contributed by atoms with Crippen molar-refractivity contribution in [3.63, 3.8) is 0 Å². The Morgan fingerprint density at radius 3 is 2.57 bits per heavy atom. The molecule has 1 amide bonds. The molecule has 0 aliphatic carbocycles. The fourth-order valence-corrected chi connectivity index (χ4v) is 2.62. The Morgan fingerprint density at radius 2 is 1.90 bits per heavy atom. The maximum Gasteiger partial charge on any atom is 0.341 e. The summed E-state index contributed by atoms with van der Waals surface area (Å²) in [5.74, 6) is -1.10. The van der Waals surface area contributed by atoms with E-state index in [0.29, 0.717) is 11.3 Å². The van der Waals surface area contributed by atoms with Crippen molar-refractivity contribution in [3.05, 3.63) is 58.1 Å². The van der Waals surface area contributed by atoms with E-state index in [2.05, 4.69) is 17.6 Å². The number of para-hydroxylation sites is 1. The molecule has 9 nitrogen and oxygen atoms in total. The van der Waals surface area contributed by atoms with E-state index in [-0.39, 0.29) is 17.1 Å². The Balaban J connectivity index is 2.06. The molecule has 9 heteroatoms. The number of carbonyl (C=O) groups excluding carboxylic acids is 2. The number of nitro benzene ring substituents is 1. The number of methoxy groups -OCH3 is 1. The maximum absolute atomic E-state index is 12.6. The van der Waals surface area contributed by atoms with Gasteiger partial charge in [-0.2, -0.15) is 0 Å². The zero-order valence-corrected chi connectivity index (χ0v) is 17.1. The second kappa shape index (κ2) is 10.8. The number of hydrogen-bond acceptors (Lipinski definition) is 7. The minimum atomic E-state index is -1.10. The monoisotopic (exact) mass is 415 g/mol. The van der Waals surface area contributed by atoms with Crippen LogP contribution in [0.1, 0.15) is 37.0 Å². The molecule has 0 radical (unpaired) electrons. The number of nitrogens with zero attached hydrogens (tertiary/aromatic N) is 1. The van der Waals surface area contributed by atoms with Crippen molar-refractivity contribution in [1.29, 1.82) is 0 Å². The summed E-state index contributed by atoms with van der Waals surface area (Å²) in [4.78, 5) is 35.3. The van der Waals surface area contributed by atoms with Gasteiger partial charge in [0.25, 0.3) is 11.6 Å². The summed E-state index contributed by atoms with van der Waals surface area (Å²) in [5, 5.41) is 16.6. The zero-order valence-electron chi connectivity index (χ0n) is 17.1. The van der Waals surface area contributed by atoms with E-state index in [1.807, 2.05) is 6.07 Å². The van der Waals surface area contributed by atoms with E-state index in [9.17, 15) is 19.7 Å². The van der Waals surface area contributed by atoms with Crippen LogP contribution >= 0.6 is 0 Å². The number of ether oxygens (including phenoxy) is 2. The molecule has 0 fully saturated rings. The number of unbranched alkanes of at least 4 members (excludes halogenated alkanes) is 1. The van der Waals surface area contributed by atoms with Gasteiger partial charge in [0, 0.05) is 18.3 Å². The molecule has 160 valence electrons. The molecule has 0 heterocycles. The van der Waals surface area contributed by atoms with Crippen molar-refractivity contribution in [3.8, 4) is 5.75 Å². The van der Waals surface area contributed by atoms with Crippen molar-refractivity contribution in [2.24, 2.45) is 0 Å². The largest absolute Gasteiger partial charge is 0.494 e. The first-order valence-corrected chi connectivity index (χ1v) is 9.54. The summed E-state index contributed by atoms with van der Waals surface area (Å²) in [6.45, 7) is 4.23. The molecule has 2 aromatic carbocycles. The van der Waals surface area contributed by atoms with Gasteiger partial charge >= 0.3 is 5.97 Å². The standard InChI is InChI=1S/C21H25N3O6/c1-4-5-12-22-17-9-7-6-8-16(17)21(26)30-14(2)20(25)23-18-11-10-15(24(27)28)13-19(18)29-3/h6-11,13-14,22H,4-5,12H2,1-3H3,(H,23,25)/t14-/m1/s1. The fourth-order valence-electron chi connectivity index (χ4n) is 2.62. The van der Waals surface area contributed by atoms with E-state index < -0.39 is 22.9 Å². The third-order valence-electron chi connectivity index (χ3n) is 4.30. The molecule has 0 aliphatic heterocycles. The highest BCUT2D eigenvalue weighted by Gasteiger charge is 2.22. The SMILES string of the molecule is CCCCNc1ccccc1C(=O)O[C@H](C)C(=O)Nc1ccc([N+](=O)[O-])cc1OC. The molecule has 0 aliphatic rings. The Bertz CT molecular complexity index is 915. The van der Waals surface area contributed by atoms with Gasteiger partial charge in [-0.3, -0.25) is 14.9 Å². The average molecular weight is 415 g/mol. The number of non-ortho nitro benzene ring substituents is 1. The van der Waals surface area contributed by atoms with Gasteiger partial charge in [0.05, 0.1) is 29.4 Å². The molecule has 0 saturated carbocycles. The highest BCUT2D eigenvalue weighted by Crippen LogP contribution is 2.29. The Morgan fingerprint density at radius 1 is 1.17 bits per heavy atom. The van der Waals surface area contributed by atoms with Crippen LogP contribution in [0.2, 0.25) is 0 Å². The van der Waals surface area contributed by atoms with E-state index >= 15 is 0 Å². The van der Waals surface area contributed by atoms with E-state index in [1.54, 1.807) is 18.2 Å². The number of nitro groups is 1. The van der Waals surface area contributed by atoms with Gasteiger partial charge < -0.3 is 20.1 Å². The van der Waals surface area contributed by atoms with Crippen LogP contribution in [0.3, 0.4) is 0 Å². The lowest BCUT2D eigenvalue weighted by Crippen LogP contribution is -2.30. The molecular formula is C21H25N3O6. The van der Waals surface area contributed by atoms with Crippen LogP contribution in [0.5, 0.6) is 5.75 Å². The lowest BCUT2D eigenvalue weighted by Gasteiger charge is -2.16. The lowest BCUT2D eigenvalue weighted by atomic mass is 10.1. The molecule has 2 N–H and O–H groups in total. The van der Waals surface area contributed by atoms with Crippen LogP contribution in [0.4, 0.5) is 17.1 Å². The maximum atomic E-state index is 12.6. The number of nitrogens with one attached hydrogen (secondary N) is 2. The second-order valence-corrected chi connectivity index (χ2v) is 6.50. The van der Waals surface area contributed by atoms with E-state index in [1.165, 1.54) is 32.2 Å². The smallest absolute Gasteiger partial charge is 0.341 e. The molecule has 0 spiro atoms. The van der Waals surface area contributed by atoms with Crippen molar-refractivity contribution < 1.29 is 24.0 Å². The quantitative estimate of drug-likeness (QED) is 0.260. The molecule has 0 bridgehead atoms. The third kappa shape index (κ3) is 5.94. The number of rotatable bonds is 10. The summed E-state index contributed by atoms with van der Waals surface area (Å²) >= 11 is 0. The van der Waals surface area contributed by atoms with Crippen molar-refractivity contribution in [1.82, 2.24) is 0 Å². The Hall–Kier alpha value is -3.62. The highest BCUT2D eigenvalue weighted by atomic mass is 16.6. The molecule has 2 aromatic rings. The van der Waals surface area contributed by atoms with Gasteiger partial charge in [0.2, 0.25) is 0 Å². The average Bonchev–Trinajstić information content (AvgIpc) is 2.74. The zero-order chi connectivity index (χ0) is 22.1. The Kier molecular flexibility index (Phi) is 8.16. The van der Waals surface area contributed by atoms with Crippen molar-refractivity contribution >= 4 is 28.9 Å². The molecule has 0 unspecified atom stereocenters. The van der Waals surface area contributed by atoms with Gasteiger partial charge in [-0.05, 0) is 31.5 Å². The van der Waals surface area contributed by atoms with Crippen molar-refractivity contribution in [2.45, 2.75) is 32.8 Å². The second-order valence-electron chi connectivity index (χ2n) is 6.50. The minimum absolute atomic E-state index is 0.126. The first-order chi connectivity index (χ1) is 14.4. The summed E-state index contributed by atoms with van der Waals surface area (Å²) in [5.41, 5.74) is 1.04. The predicted octanol–water partition coefficient (Wildman–Crippen LogP) is 4.00. The van der Waals surface area contributed by atoms with Gasteiger partial charge in [0.15, 0.2) is 6.10 Å². The highest BCUT2D eigenvalue weighted by molar-refractivity contribution is 6.00. The van der Waals surface area contributed by atoms with Crippen LogP contribution in [0.25, 0.3) is 0 Å². The number of carbonyl (C=O) groups is 2. The lowest BCUT2D eigenvalue weighted by molar-refractivity contribution is -0.384. The van der Waals surface area contributed by atoms with Crippen LogP contribution in [-0.4, -0.2) is 36.6 Å². The molecule has 2 rings (SSSR count). The van der Waals surface area contributed by atoms with Gasteiger partial charge in [-0.1, -0.05) is 25.5 Å². The first-order valence-electron chi connectivity index (χ1n) is 9.54. The summed E-state index contributed by atoms with van der Waals surface area (Å²) in [6.07, 6.45) is 0.878. The molecule has 30 heavy (non-hydrogen) atoms. The van der Waals surface area contributed by atoms with Crippen LogP contribution in [-0.2, 0) is 9.53 Å². The van der Waals surface area contributed by atoms with E-state index in [4.69, 9.17) is 9.47 Å². The number of hydrogen-bond donors (Lipinski definition) is 2. The Labute approximate surface area is 174 Å².